The van der Waals surface area contributed by atoms with E-state index in [0.29, 0.717) is 37.7 Å². The molecule has 2 aliphatic rings. The maximum Gasteiger partial charge on any atom is 0.295 e. The molecule has 2 aliphatic heterocycles. The van der Waals surface area contributed by atoms with Gasteiger partial charge in [0.15, 0.2) is 0 Å². The maximum absolute atomic E-state index is 13.2. The summed E-state index contributed by atoms with van der Waals surface area (Å²) >= 11 is 0. The second-order valence-electron chi connectivity index (χ2n) is 8.67. The topological polar surface area (TPSA) is 79.3 Å². The highest BCUT2D eigenvalue weighted by atomic mass is 16.5. The molecule has 0 aliphatic carbocycles. The number of morpholine rings is 1. The van der Waals surface area contributed by atoms with Crippen LogP contribution in [0.2, 0.25) is 0 Å². The van der Waals surface area contributed by atoms with E-state index in [2.05, 4.69) is 4.90 Å². The van der Waals surface area contributed by atoms with Gasteiger partial charge in [0.05, 0.1) is 31.4 Å². The summed E-state index contributed by atoms with van der Waals surface area (Å²) < 4.78 is 11.0. The third kappa shape index (κ3) is 5.16. The number of aliphatic hydroxyl groups excluding tert-OH is 1. The summed E-state index contributed by atoms with van der Waals surface area (Å²) in [6.45, 7) is 8.83. The van der Waals surface area contributed by atoms with E-state index in [1.165, 1.54) is 0 Å². The summed E-state index contributed by atoms with van der Waals surface area (Å²) in [5.41, 5.74) is 2.46. The highest BCUT2D eigenvalue weighted by Gasteiger charge is 2.45. The predicted octanol–water partition coefficient (Wildman–Crippen LogP) is 3.54. The van der Waals surface area contributed by atoms with Crippen LogP contribution in [0, 0.1) is 6.92 Å². The normalized spacial score (nSPS) is 20.6. The van der Waals surface area contributed by atoms with Gasteiger partial charge in [-0.2, -0.15) is 0 Å². The maximum atomic E-state index is 13.2. The van der Waals surface area contributed by atoms with Gasteiger partial charge in [-0.25, -0.2) is 0 Å². The molecule has 1 N–H and O–H groups in total. The van der Waals surface area contributed by atoms with E-state index in [1.807, 2.05) is 50.2 Å². The smallest absolute Gasteiger partial charge is 0.295 e. The molecule has 7 nitrogen and oxygen atoms in total. The van der Waals surface area contributed by atoms with E-state index in [0.717, 1.165) is 37.2 Å². The van der Waals surface area contributed by atoms with Crippen molar-refractivity contribution in [1.82, 2.24) is 9.80 Å². The molecule has 0 saturated carbocycles. The minimum atomic E-state index is -0.651. The number of rotatable bonds is 8. The summed E-state index contributed by atoms with van der Waals surface area (Å²) in [6, 6.07) is 14.0. The molecule has 7 heteroatoms. The molecule has 2 heterocycles. The number of aryl methyl sites for hydroxylation is 1. The number of hydrogen-bond donors (Lipinski definition) is 1. The Morgan fingerprint density at radius 3 is 2.35 bits per heavy atom. The molecule has 4 rings (SSSR count). The average Bonchev–Trinajstić information content (AvgIpc) is 3.10. The SMILES string of the molecule is CCOc1ccc([C@@H]2C(=C(O)c3ccc(C)cc3)C(=O)C(=O)N2CCCN2CCOCC2)cc1. The number of amides is 1. The van der Waals surface area contributed by atoms with Crippen molar-refractivity contribution in [2.75, 3.05) is 46.0 Å². The van der Waals surface area contributed by atoms with E-state index in [-0.39, 0.29) is 11.3 Å². The monoisotopic (exact) mass is 464 g/mol. The Kier molecular flexibility index (Phi) is 7.65. The van der Waals surface area contributed by atoms with Crippen molar-refractivity contribution in [3.05, 3.63) is 70.8 Å². The van der Waals surface area contributed by atoms with E-state index < -0.39 is 17.7 Å². The van der Waals surface area contributed by atoms with E-state index in [9.17, 15) is 14.7 Å². The van der Waals surface area contributed by atoms with Crippen LogP contribution >= 0.6 is 0 Å². The molecule has 0 bridgehead atoms. The van der Waals surface area contributed by atoms with Gasteiger partial charge >= 0.3 is 0 Å². The average molecular weight is 465 g/mol. The zero-order valence-electron chi connectivity index (χ0n) is 19.8. The number of carbonyl (C=O) groups is 2. The molecule has 2 saturated heterocycles. The van der Waals surface area contributed by atoms with Crippen LogP contribution in [-0.2, 0) is 14.3 Å². The molecule has 0 spiro atoms. The van der Waals surface area contributed by atoms with Gasteiger partial charge in [-0.3, -0.25) is 14.5 Å². The van der Waals surface area contributed by atoms with Gasteiger partial charge in [-0.15, -0.1) is 0 Å². The number of benzene rings is 2. The van der Waals surface area contributed by atoms with Crippen LogP contribution in [-0.4, -0.2) is 72.6 Å². The first kappa shape index (κ1) is 24.0. The molecule has 2 aromatic carbocycles. The van der Waals surface area contributed by atoms with Crippen LogP contribution in [0.25, 0.3) is 5.76 Å². The van der Waals surface area contributed by atoms with Gasteiger partial charge in [-0.1, -0.05) is 42.0 Å². The lowest BCUT2D eigenvalue weighted by atomic mass is 9.95. The standard InChI is InChI=1S/C27H32N2O5/c1-3-34-22-11-9-20(10-12-22)24-23(25(30)21-7-5-19(2)6-8-21)26(31)27(32)29(24)14-4-13-28-15-17-33-18-16-28/h5-12,24,30H,3-4,13-18H2,1-2H3/t24-/m1/s1. The molecule has 34 heavy (non-hydrogen) atoms. The third-order valence-electron chi connectivity index (χ3n) is 6.35. The second kappa shape index (κ2) is 10.8. The summed E-state index contributed by atoms with van der Waals surface area (Å²) in [7, 11) is 0. The Labute approximate surface area is 200 Å². The van der Waals surface area contributed by atoms with Crippen molar-refractivity contribution in [3.63, 3.8) is 0 Å². The first-order chi connectivity index (χ1) is 16.5. The Balaban J connectivity index is 1.66. The summed E-state index contributed by atoms with van der Waals surface area (Å²) in [4.78, 5) is 30.2. The van der Waals surface area contributed by atoms with Crippen molar-refractivity contribution in [1.29, 1.82) is 0 Å². The molecular formula is C27H32N2O5. The lowest BCUT2D eigenvalue weighted by molar-refractivity contribution is -0.140. The number of ketones is 1. The number of carbonyl (C=O) groups excluding carboxylic acids is 2. The zero-order valence-corrected chi connectivity index (χ0v) is 19.8. The fraction of sp³-hybridized carbons (Fsp3) is 0.407. The van der Waals surface area contributed by atoms with Crippen LogP contribution in [0.3, 0.4) is 0 Å². The largest absolute Gasteiger partial charge is 0.507 e. The fourth-order valence-electron chi connectivity index (χ4n) is 4.53. The van der Waals surface area contributed by atoms with Gasteiger partial charge in [0.2, 0.25) is 0 Å². The molecule has 2 fully saturated rings. The Morgan fingerprint density at radius 2 is 1.71 bits per heavy atom. The van der Waals surface area contributed by atoms with Crippen LogP contribution in [0.4, 0.5) is 0 Å². The van der Waals surface area contributed by atoms with E-state index >= 15 is 0 Å². The van der Waals surface area contributed by atoms with Crippen molar-refractivity contribution in [2.45, 2.75) is 26.3 Å². The molecule has 0 aromatic heterocycles. The van der Waals surface area contributed by atoms with Crippen molar-refractivity contribution < 1.29 is 24.2 Å². The summed E-state index contributed by atoms with van der Waals surface area (Å²) in [5.74, 6) is -0.653. The molecule has 180 valence electrons. The highest BCUT2D eigenvalue weighted by Crippen LogP contribution is 2.40. The van der Waals surface area contributed by atoms with E-state index in [4.69, 9.17) is 9.47 Å². The molecule has 2 aromatic rings. The third-order valence-corrected chi connectivity index (χ3v) is 6.35. The van der Waals surface area contributed by atoms with Gasteiger partial charge in [0.25, 0.3) is 11.7 Å². The first-order valence-corrected chi connectivity index (χ1v) is 11.9. The van der Waals surface area contributed by atoms with Gasteiger partial charge in [0, 0.05) is 31.7 Å². The number of ether oxygens (including phenoxy) is 2. The second-order valence-corrected chi connectivity index (χ2v) is 8.67. The Bertz CT molecular complexity index is 1040. The van der Waals surface area contributed by atoms with Crippen LogP contribution in [0.1, 0.15) is 36.1 Å². The minimum absolute atomic E-state index is 0.129. The van der Waals surface area contributed by atoms with Crippen LogP contribution < -0.4 is 4.74 Å². The lowest BCUT2D eigenvalue weighted by Crippen LogP contribution is -2.38. The molecule has 0 radical (unpaired) electrons. The Hall–Kier alpha value is -3.16. The number of likely N-dealkylation sites (tertiary alicyclic amines) is 1. The van der Waals surface area contributed by atoms with Crippen molar-refractivity contribution in [2.24, 2.45) is 0 Å². The van der Waals surface area contributed by atoms with Crippen LogP contribution in [0.5, 0.6) is 5.75 Å². The fourth-order valence-corrected chi connectivity index (χ4v) is 4.53. The van der Waals surface area contributed by atoms with Crippen molar-refractivity contribution in [3.8, 4) is 5.75 Å². The number of aliphatic hydroxyl groups is 1. The number of nitrogens with zero attached hydrogens (tertiary/aromatic N) is 2. The molecule has 1 atom stereocenters. The number of hydrogen-bond acceptors (Lipinski definition) is 6. The van der Waals surface area contributed by atoms with Crippen LogP contribution in [0.15, 0.2) is 54.1 Å². The number of Topliss-reactive ketones (excluding diaryl/α,β-unsaturated/α-hetero) is 1. The molecule has 0 unspecified atom stereocenters. The minimum Gasteiger partial charge on any atom is -0.507 e. The molecular weight excluding hydrogens is 432 g/mol. The summed E-state index contributed by atoms with van der Waals surface area (Å²) in [6.07, 6.45) is 0.727. The summed E-state index contributed by atoms with van der Waals surface area (Å²) in [5, 5.41) is 11.2. The van der Waals surface area contributed by atoms with E-state index in [1.54, 1.807) is 17.0 Å². The Morgan fingerprint density at radius 1 is 1.03 bits per heavy atom. The van der Waals surface area contributed by atoms with Gasteiger partial charge in [0.1, 0.15) is 11.5 Å². The first-order valence-electron chi connectivity index (χ1n) is 11.9. The lowest BCUT2D eigenvalue weighted by Gasteiger charge is -2.29. The zero-order chi connectivity index (χ0) is 24.1. The molecule has 1 amide bonds. The van der Waals surface area contributed by atoms with Crippen molar-refractivity contribution >= 4 is 17.4 Å². The van der Waals surface area contributed by atoms with Gasteiger partial charge < -0.3 is 19.5 Å². The van der Waals surface area contributed by atoms with Gasteiger partial charge in [-0.05, 0) is 38.0 Å². The highest BCUT2D eigenvalue weighted by molar-refractivity contribution is 6.46. The quantitative estimate of drug-likeness (QED) is 0.366. The predicted molar refractivity (Wildman–Crippen MR) is 130 cm³/mol.